The Bertz CT molecular complexity index is 1530. The number of aromatic carboxylic acids is 1. The van der Waals surface area contributed by atoms with Crippen LogP contribution in [0.15, 0.2) is 54.6 Å². The summed E-state index contributed by atoms with van der Waals surface area (Å²) in [6.45, 7) is 6.96. The maximum atomic E-state index is 13.0. The minimum absolute atomic E-state index is 0.140. The summed E-state index contributed by atoms with van der Waals surface area (Å²) in [5.74, 6) is -2.14. The number of carbonyl (C=O) groups is 3. The lowest BCUT2D eigenvalue weighted by molar-refractivity contribution is -0.393. The number of carbonyl (C=O) groups excluding carboxylic acids is 2. The zero-order chi connectivity index (χ0) is 31.9. The van der Waals surface area contributed by atoms with Gasteiger partial charge in [-0.15, -0.1) is 0 Å². The number of nitrogens with zero attached hydrogens (tertiary/aromatic N) is 2. The Balaban J connectivity index is 2.08. The summed E-state index contributed by atoms with van der Waals surface area (Å²) in [6.07, 6.45) is 3.17. The highest BCUT2D eigenvalue weighted by molar-refractivity contribution is 6.07. The predicted molar refractivity (Wildman–Crippen MR) is 160 cm³/mol. The van der Waals surface area contributed by atoms with Gasteiger partial charge in [-0.1, -0.05) is 31.9 Å². The third kappa shape index (κ3) is 8.58. The molecule has 3 aromatic rings. The molecular weight excluding hydrogens is 560 g/mol. The van der Waals surface area contributed by atoms with E-state index in [1.807, 2.05) is 12.1 Å². The molecule has 0 heterocycles. The molecule has 0 fully saturated rings. The number of nitrogens with one attached hydrogen (secondary N) is 2. The van der Waals surface area contributed by atoms with Gasteiger partial charge in [-0.3, -0.25) is 30.3 Å². The van der Waals surface area contributed by atoms with E-state index in [0.717, 1.165) is 31.2 Å². The average Bonchev–Trinajstić information content (AvgIpc) is 2.92. The molecule has 0 unspecified atom stereocenters. The molecule has 13 nitrogen and oxygen atoms in total. The summed E-state index contributed by atoms with van der Waals surface area (Å²) in [6, 6.07) is 12.4. The van der Waals surface area contributed by atoms with Crippen molar-refractivity contribution in [2.75, 3.05) is 10.6 Å². The van der Waals surface area contributed by atoms with Crippen molar-refractivity contribution in [1.82, 2.24) is 0 Å². The van der Waals surface area contributed by atoms with E-state index < -0.39 is 55.9 Å². The van der Waals surface area contributed by atoms with Crippen LogP contribution in [0.2, 0.25) is 0 Å². The number of ether oxygens (including phenoxy) is 1. The maximum Gasteiger partial charge on any atom is 0.412 e. The van der Waals surface area contributed by atoms with Crippen LogP contribution in [0.5, 0.6) is 0 Å². The van der Waals surface area contributed by atoms with Crippen LogP contribution in [0.4, 0.5) is 27.5 Å². The standard InChI is InChI=1S/C30H32N4O9/c1-5-6-7-8-18-9-11-19(12-10-18)27(35)31-20-13-14-22(24(15-20)32-29(38)43-30(2,3)4)26-23(28(36)37)16-21(33(39)40)17-25(26)34(41)42/h9-17H,5-8H2,1-4H3,(H,31,35)(H,32,38)(H,36,37). The molecule has 3 aromatic carbocycles. The number of rotatable bonds is 11. The fraction of sp³-hybridized carbons (Fsp3) is 0.300. The molecule has 226 valence electrons. The summed E-state index contributed by atoms with van der Waals surface area (Å²) in [7, 11) is 0. The van der Waals surface area contributed by atoms with E-state index in [4.69, 9.17) is 4.74 Å². The summed E-state index contributed by atoms with van der Waals surface area (Å²) in [5.41, 5.74) is -2.45. The Morgan fingerprint density at radius 2 is 1.58 bits per heavy atom. The number of unbranched alkanes of at least 4 members (excludes halogenated alkanes) is 2. The summed E-state index contributed by atoms with van der Waals surface area (Å²) < 4.78 is 5.30. The summed E-state index contributed by atoms with van der Waals surface area (Å²) in [4.78, 5) is 59.2. The lowest BCUT2D eigenvalue weighted by Crippen LogP contribution is -2.27. The number of nitro groups is 2. The number of carboxylic acid groups (broad SMARTS) is 1. The lowest BCUT2D eigenvalue weighted by Gasteiger charge is -2.21. The van der Waals surface area contributed by atoms with Crippen LogP contribution in [0.3, 0.4) is 0 Å². The minimum Gasteiger partial charge on any atom is -0.478 e. The van der Waals surface area contributed by atoms with Crippen molar-refractivity contribution in [3.63, 3.8) is 0 Å². The van der Waals surface area contributed by atoms with Crippen molar-refractivity contribution in [3.05, 3.63) is 91.5 Å². The Morgan fingerprint density at radius 3 is 2.14 bits per heavy atom. The number of hydrogen-bond donors (Lipinski definition) is 3. The van der Waals surface area contributed by atoms with Crippen molar-refractivity contribution in [2.45, 2.75) is 59.0 Å². The van der Waals surface area contributed by atoms with Crippen molar-refractivity contribution in [2.24, 2.45) is 0 Å². The first kappa shape index (κ1) is 32.2. The molecule has 0 saturated heterocycles. The molecule has 0 aliphatic rings. The van der Waals surface area contributed by atoms with Crippen LogP contribution >= 0.6 is 0 Å². The van der Waals surface area contributed by atoms with Gasteiger partial charge in [0.1, 0.15) is 5.60 Å². The molecule has 43 heavy (non-hydrogen) atoms. The van der Waals surface area contributed by atoms with Gasteiger partial charge in [0.05, 0.1) is 32.7 Å². The van der Waals surface area contributed by atoms with E-state index >= 15 is 0 Å². The average molecular weight is 593 g/mol. The third-order valence-corrected chi connectivity index (χ3v) is 6.21. The zero-order valence-corrected chi connectivity index (χ0v) is 24.1. The molecule has 0 aromatic heterocycles. The molecule has 0 spiro atoms. The van der Waals surface area contributed by atoms with Gasteiger partial charge in [-0.2, -0.15) is 0 Å². The first-order chi connectivity index (χ1) is 20.2. The quantitative estimate of drug-likeness (QED) is 0.117. The maximum absolute atomic E-state index is 13.0. The Hall–Kier alpha value is -5.33. The van der Waals surface area contributed by atoms with Gasteiger partial charge in [0.2, 0.25) is 0 Å². The third-order valence-electron chi connectivity index (χ3n) is 6.21. The second-order valence-electron chi connectivity index (χ2n) is 10.7. The first-order valence-electron chi connectivity index (χ1n) is 13.4. The van der Waals surface area contributed by atoms with Gasteiger partial charge < -0.3 is 15.2 Å². The number of hydrogen-bond acceptors (Lipinski definition) is 8. The van der Waals surface area contributed by atoms with Crippen LogP contribution in [0.25, 0.3) is 11.1 Å². The van der Waals surface area contributed by atoms with Crippen molar-refractivity contribution < 1.29 is 34.1 Å². The molecule has 2 amide bonds. The molecule has 0 atom stereocenters. The topological polar surface area (TPSA) is 191 Å². The number of anilines is 2. The predicted octanol–water partition coefficient (Wildman–Crippen LogP) is 7.20. The summed E-state index contributed by atoms with van der Waals surface area (Å²) >= 11 is 0. The molecule has 13 heteroatoms. The number of non-ortho nitro benzene ring substituents is 1. The fourth-order valence-corrected chi connectivity index (χ4v) is 4.28. The minimum atomic E-state index is -1.67. The van der Waals surface area contributed by atoms with Crippen LogP contribution in [-0.4, -0.2) is 38.5 Å². The first-order valence-corrected chi connectivity index (χ1v) is 13.4. The highest BCUT2D eigenvalue weighted by atomic mass is 16.6. The van der Waals surface area contributed by atoms with Gasteiger partial charge >= 0.3 is 12.1 Å². The van der Waals surface area contributed by atoms with E-state index in [1.54, 1.807) is 32.9 Å². The number of carboxylic acids is 1. The van der Waals surface area contributed by atoms with E-state index in [2.05, 4.69) is 17.6 Å². The SMILES string of the molecule is CCCCCc1ccc(C(=O)Nc2ccc(-c3c(C(=O)O)cc([N+](=O)[O-])cc3[N+](=O)[O-])c(NC(=O)OC(C)(C)C)c2)cc1. The molecule has 0 radical (unpaired) electrons. The monoisotopic (exact) mass is 592 g/mol. The van der Waals surface area contributed by atoms with Crippen molar-refractivity contribution in [1.29, 1.82) is 0 Å². The normalized spacial score (nSPS) is 11.0. The number of amides is 2. The number of nitro benzene ring substituents is 2. The van der Waals surface area contributed by atoms with E-state index in [0.29, 0.717) is 17.7 Å². The number of benzene rings is 3. The largest absolute Gasteiger partial charge is 0.478 e. The van der Waals surface area contributed by atoms with Crippen molar-refractivity contribution in [3.8, 4) is 11.1 Å². The molecular formula is C30H32N4O9. The van der Waals surface area contributed by atoms with Crippen molar-refractivity contribution >= 4 is 40.7 Å². The van der Waals surface area contributed by atoms with E-state index in [-0.39, 0.29) is 16.9 Å². The molecule has 0 saturated carbocycles. The molecule has 3 N–H and O–H groups in total. The van der Waals surface area contributed by atoms with Crippen LogP contribution in [0, 0.1) is 20.2 Å². The summed E-state index contributed by atoms with van der Waals surface area (Å²) in [5, 5.41) is 38.3. The Labute approximate surface area is 247 Å². The highest BCUT2D eigenvalue weighted by Gasteiger charge is 2.30. The zero-order valence-electron chi connectivity index (χ0n) is 24.1. The van der Waals surface area contributed by atoms with Crippen LogP contribution < -0.4 is 10.6 Å². The Morgan fingerprint density at radius 1 is 0.907 bits per heavy atom. The molecule has 0 bridgehead atoms. The van der Waals surface area contributed by atoms with Gasteiger partial charge in [-0.25, -0.2) is 9.59 Å². The second kappa shape index (κ2) is 13.6. The number of aryl methyl sites for hydroxylation is 1. The highest BCUT2D eigenvalue weighted by Crippen LogP contribution is 2.41. The molecule has 0 aliphatic carbocycles. The van der Waals surface area contributed by atoms with Gasteiger partial charge in [0.25, 0.3) is 17.3 Å². The smallest absolute Gasteiger partial charge is 0.412 e. The van der Waals surface area contributed by atoms with Gasteiger partial charge in [0, 0.05) is 22.9 Å². The second-order valence-corrected chi connectivity index (χ2v) is 10.7. The van der Waals surface area contributed by atoms with Gasteiger partial charge in [-0.05, 0) is 69.5 Å². The van der Waals surface area contributed by atoms with Gasteiger partial charge in [0.15, 0.2) is 0 Å². The Kier molecular flexibility index (Phi) is 10.1. The fourth-order valence-electron chi connectivity index (χ4n) is 4.28. The van der Waals surface area contributed by atoms with Crippen LogP contribution in [0.1, 0.15) is 73.2 Å². The van der Waals surface area contributed by atoms with Crippen LogP contribution in [-0.2, 0) is 11.2 Å². The lowest BCUT2D eigenvalue weighted by atomic mass is 9.95. The molecule has 3 rings (SSSR count). The van der Waals surface area contributed by atoms with E-state index in [9.17, 15) is 39.7 Å². The van der Waals surface area contributed by atoms with E-state index in [1.165, 1.54) is 18.2 Å². The molecule has 0 aliphatic heterocycles.